The third kappa shape index (κ3) is 5.47. The van der Waals surface area contributed by atoms with E-state index < -0.39 is 23.6 Å². The van der Waals surface area contributed by atoms with E-state index in [0.717, 1.165) is 0 Å². The lowest BCUT2D eigenvalue weighted by Crippen LogP contribution is -2.35. The lowest BCUT2D eigenvalue weighted by molar-refractivity contribution is -0.138. The maximum atomic E-state index is 13.3. The Morgan fingerprint density at radius 2 is 1.70 bits per heavy atom. The van der Waals surface area contributed by atoms with Crippen LogP contribution < -0.4 is 10.6 Å². The fourth-order valence-electron chi connectivity index (χ4n) is 1.43. The molecule has 6 nitrogen and oxygen atoms in total. The lowest BCUT2D eigenvalue weighted by atomic mass is 10.2. The minimum absolute atomic E-state index is 0.0651. The number of aliphatic carboxylic acids is 1. The van der Waals surface area contributed by atoms with E-state index in [1.165, 1.54) is 18.2 Å². The number of amides is 2. The van der Waals surface area contributed by atoms with Gasteiger partial charge in [-0.2, -0.15) is 0 Å². The van der Waals surface area contributed by atoms with Gasteiger partial charge in [0, 0.05) is 19.5 Å². The molecule has 0 radical (unpaired) electrons. The van der Waals surface area contributed by atoms with Crippen molar-refractivity contribution in [2.75, 3.05) is 13.1 Å². The molecule has 0 aliphatic heterocycles. The summed E-state index contributed by atoms with van der Waals surface area (Å²) in [6.07, 6.45) is -0.357. The van der Waals surface area contributed by atoms with Crippen LogP contribution in [0.1, 0.15) is 23.2 Å². The van der Waals surface area contributed by atoms with Crippen molar-refractivity contribution in [2.24, 2.45) is 0 Å². The molecular weight excluding hydrogens is 267 g/mol. The van der Waals surface area contributed by atoms with Gasteiger partial charge in [0.05, 0.1) is 12.0 Å². The van der Waals surface area contributed by atoms with E-state index in [-0.39, 0.29) is 31.5 Å². The normalized spacial score (nSPS) is 9.85. The van der Waals surface area contributed by atoms with Gasteiger partial charge in [-0.25, -0.2) is 4.39 Å². The molecule has 0 bridgehead atoms. The third-order valence-electron chi connectivity index (χ3n) is 2.42. The van der Waals surface area contributed by atoms with Gasteiger partial charge in [0.25, 0.3) is 5.91 Å². The largest absolute Gasteiger partial charge is 0.481 e. The average molecular weight is 282 g/mol. The van der Waals surface area contributed by atoms with E-state index in [9.17, 15) is 18.8 Å². The van der Waals surface area contributed by atoms with Crippen LogP contribution in [0, 0.1) is 5.82 Å². The number of halogens is 1. The van der Waals surface area contributed by atoms with Crippen LogP contribution in [0.15, 0.2) is 24.3 Å². The van der Waals surface area contributed by atoms with E-state index in [0.29, 0.717) is 0 Å². The SMILES string of the molecule is O=C(O)CCC(=O)NCCNC(=O)c1ccccc1F. The molecule has 3 N–H and O–H groups in total. The molecule has 1 aromatic carbocycles. The zero-order valence-corrected chi connectivity index (χ0v) is 10.7. The number of nitrogens with one attached hydrogen (secondary N) is 2. The van der Waals surface area contributed by atoms with Crippen molar-refractivity contribution in [1.82, 2.24) is 10.6 Å². The number of benzene rings is 1. The molecule has 0 saturated heterocycles. The fourth-order valence-corrected chi connectivity index (χ4v) is 1.43. The summed E-state index contributed by atoms with van der Waals surface area (Å²) in [5, 5.41) is 13.3. The molecule has 0 atom stereocenters. The predicted molar refractivity (Wildman–Crippen MR) is 68.6 cm³/mol. The van der Waals surface area contributed by atoms with Gasteiger partial charge in [0.15, 0.2) is 0 Å². The van der Waals surface area contributed by atoms with Gasteiger partial charge in [-0.15, -0.1) is 0 Å². The third-order valence-corrected chi connectivity index (χ3v) is 2.42. The van der Waals surface area contributed by atoms with E-state index in [4.69, 9.17) is 5.11 Å². The van der Waals surface area contributed by atoms with Crippen molar-refractivity contribution >= 4 is 17.8 Å². The number of hydrogen-bond acceptors (Lipinski definition) is 3. The molecule has 1 aromatic rings. The molecule has 108 valence electrons. The maximum absolute atomic E-state index is 13.3. The molecule has 20 heavy (non-hydrogen) atoms. The number of hydrogen-bond donors (Lipinski definition) is 3. The van der Waals surface area contributed by atoms with Crippen molar-refractivity contribution in [3.8, 4) is 0 Å². The second-order valence-electron chi connectivity index (χ2n) is 3.98. The highest BCUT2D eigenvalue weighted by atomic mass is 19.1. The van der Waals surface area contributed by atoms with Gasteiger partial charge in [-0.3, -0.25) is 14.4 Å². The van der Waals surface area contributed by atoms with Crippen LogP contribution in [-0.2, 0) is 9.59 Å². The Kier molecular flexibility index (Phi) is 6.15. The van der Waals surface area contributed by atoms with Crippen LogP contribution in [0.4, 0.5) is 4.39 Å². The highest BCUT2D eigenvalue weighted by Crippen LogP contribution is 2.05. The minimum atomic E-state index is -1.05. The molecule has 1 rings (SSSR count). The van der Waals surface area contributed by atoms with Crippen molar-refractivity contribution in [3.63, 3.8) is 0 Å². The Bertz CT molecular complexity index is 505. The highest BCUT2D eigenvalue weighted by molar-refractivity contribution is 5.94. The summed E-state index contributed by atoms with van der Waals surface area (Å²) in [6, 6.07) is 5.57. The zero-order chi connectivity index (χ0) is 15.0. The summed E-state index contributed by atoms with van der Waals surface area (Å²) in [5.41, 5.74) is -0.0651. The van der Waals surface area contributed by atoms with Gasteiger partial charge < -0.3 is 15.7 Å². The Hall–Kier alpha value is -2.44. The molecule has 0 heterocycles. The Labute approximate surface area is 115 Å². The standard InChI is InChI=1S/C13H15FN2O4/c14-10-4-2-1-3-9(10)13(20)16-8-7-15-11(17)5-6-12(18)19/h1-4H,5-8H2,(H,15,17)(H,16,20)(H,18,19). The van der Waals surface area contributed by atoms with E-state index in [1.807, 2.05) is 0 Å². The van der Waals surface area contributed by atoms with Crippen LogP contribution in [0.3, 0.4) is 0 Å². The summed E-state index contributed by atoms with van der Waals surface area (Å²) in [4.78, 5) is 33.0. The first kappa shape index (κ1) is 15.6. The van der Waals surface area contributed by atoms with Gasteiger partial charge >= 0.3 is 5.97 Å². The molecule has 0 saturated carbocycles. The second kappa shape index (κ2) is 7.88. The van der Waals surface area contributed by atoms with E-state index in [2.05, 4.69) is 10.6 Å². The number of rotatable bonds is 7. The van der Waals surface area contributed by atoms with Crippen molar-refractivity contribution in [3.05, 3.63) is 35.6 Å². The number of carbonyl (C=O) groups excluding carboxylic acids is 2. The summed E-state index contributed by atoms with van der Waals surface area (Å²) < 4.78 is 13.3. The second-order valence-corrected chi connectivity index (χ2v) is 3.98. The van der Waals surface area contributed by atoms with Crippen molar-refractivity contribution in [2.45, 2.75) is 12.8 Å². The Morgan fingerprint density at radius 3 is 2.35 bits per heavy atom. The minimum Gasteiger partial charge on any atom is -0.481 e. The molecule has 0 aromatic heterocycles. The molecule has 0 aliphatic carbocycles. The van der Waals surface area contributed by atoms with Gasteiger partial charge in [0.1, 0.15) is 5.82 Å². The van der Waals surface area contributed by atoms with Gasteiger partial charge in [-0.05, 0) is 12.1 Å². The Balaban J connectivity index is 2.25. The quantitative estimate of drug-likeness (QED) is 0.636. The van der Waals surface area contributed by atoms with Gasteiger partial charge in [0.2, 0.25) is 5.91 Å². The molecule has 0 unspecified atom stereocenters. The van der Waals surface area contributed by atoms with E-state index >= 15 is 0 Å². The lowest BCUT2D eigenvalue weighted by Gasteiger charge is -2.07. The van der Waals surface area contributed by atoms with Crippen molar-refractivity contribution in [1.29, 1.82) is 0 Å². The molecule has 0 aliphatic rings. The summed E-state index contributed by atoms with van der Waals surface area (Å²) in [5.74, 6) is -2.64. The molecule has 7 heteroatoms. The van der Waals surface area contributed by atoms with Crippen LogP contribution in [0.5, 0.6) is 0 Å². The molecular formula is C13H15FN2O4. The highest BCUT2D eigenvalue weighted by Gasteiger charge is 2.10. The average Bonchev–Trinajstić information content (AvgIpc) is 2.41. The monoisotopic (exact) mass is 282 g/mol. The Morgan fingerprint density at radius 1 is 1.05 bits per heavy atom. The van der Waals surface area contributed by atoms with Crippen LogP contribution in [0.25, 0.3) is 0 Å². The summed E-state index contributed by atoms with van der Waals surface area (Å²) in [6.45, 7) is 0.282. The first-order valence-electron chi connectivity index (χ1n) is 6.02. The van der Waals surface area contributed by atoms with Gasteiger partial charge in [-0.1, -0.05) is 12.1 Å². The topological polar surface area (TPSA) is 95.5 Å². The zero-order valence-electron chi connectivity index (χ0n) is 10.7. The predicted octanol–water partition coefficient (Wildman–Crippen LogP) is 0.537. The van der Waals surface area contributed by atoms with Crippen molar-refractivity contribution < 1.29 is 23.9 Å². The fraction of sp³-hybridized carbons (Fsp3) is 0.308. The maximum Gasteiger partial charge on any atom is 0.303 e. The first-order chi connectivity index (χ1) is 9.50. The number of carboxylic acids is 1. The molecule has 0 spiro atoms. The summed E-state index contributed by atoms with van der Waals surface area (Å²) >= 11 is 0. The van der Waals surface area contributed by atoms with Crippen LogP contribution in [0.2, 0.25) is 0 Å². The van der Waals surface area contributed by atoms with Crippen LogP contribution in [-0.4, -0.2) is 36.0 Å². The molecule has 2 amide bonds. The summed E-state index contributed by atoms with van der Waals surface area (Å²) in [7, 11) is 0. The smallest absolute Gasteiger partial charge is 0.303 e. The molecule has 0 fully saturated rings. The first-order valence-corrected chi connectivity index (χ1v) is 6.02. The number of carboxylic acid groups (broad SMARTS) is 1. The van der Waals surface area contributed by atoms with Crippen LogP contribution >= 0.6 is 0 Å². The number of carbonyl (C=O) groups is 3. The van der Waals surface area contributed by atoms with E-state index in [1.54, 1.807) is 6.07 Å².